The predicted octanol–water partition coefficient (Wildman–Crippen LogP) is 2.41. The summed E-state index contributed by atoms with van der Waals surface area (Å²) < 4.78 is 0. The van der Waals surface area contributed by atoms with Crippen molar-refractivity contribution in [1.82, 2.24) is 4.98 Å². The summed E-state index contributed by atoms with van der Waals surface area (Å²) in [4.78, 5) is 8.26. The molecule has 16 heavy (non-hydrogen) atoms. The van der Waals surface area contributed by atoms with Crippen molar-refractivity contribution in [2.75, 3.05) is 18.0 Å². The number of hydrogen-bond donors (Lipinski definition) is 1. The van der Waals surface area contributed by atoms with E-state index in [0.717, 1.165) is 12.8 Å². The number of nitrogens with two attached hydrogens (primary N) is 1. The largest absolute Gasteiger partial charge is 0.348 e. The first kappa shape index (κ1) is 11.9. The van der Waals surface area contributed by atoms with Crippen LogP contribution in [0.2, 0.25) is 0 Å². The van der Waals surface area contributed by atoms with Gasteiger partial charge in [-0.25, -0.2) is 4.98 Å². The summed E-state index contributed by atoms with van der Waals surface area (Å²) >= 11 is 1.82. The zero-order valence-electron chi connectivity index (χ0n) is 9.98. The molecule has 1 saturated heterocycles. The highest BCUT2D eigenvalue weighted by atomic mass is 32.1. The molecule has 1 aromatic rings. The van der Waals surface area contributed by atoms with E-state index in [4.69, 9.17) is 5.73 Å². The second-order valence-corrected chi connectivity index (χ2v) is 5.62. The molecular formula is C12H21N3S. The molecule has 2 N–H and O–H groups in total. The smallest absolute Gasteiger partial charge is 0.185 e. The molecule has 1 unspecified atom stereocenters. The van der Waals surface area contributed by atoms with Crippen LogP contribution in [0, 0.1) is 0 Å². The lowest BCUT2D eigenvalue weighted by Crippen LogP contribution is -2.29. The fourth-order valence-corrected chi connectivity index (χ4v) is 3.08. The van der Waals surface area contributed by atoms with Gasteiger partial charge in [-0.05, 0) is 32.1 Å². The Morgan fingerprint density at radius 3 is 2.88 bits per heavy atom. The summed E-state index contributed by atoms with van der Waals surface area (Å²) in [6.07, 6.45) is 8.01. The summed E-state index contributed by atoms with van der Waals surface area (Å²) in [7, 11) is 0. The Labute approximate surface area is 102 Å². The maximum Gasteiger partial charge on any atom is 0.185 e. The van der Waals surface area contributed by atoms with Crippen molar-refractivity contribution in [3.63, 3.8) is 0 Å². The molecular weight excluding hydrogens is 218 g/mol. The molecule has 90 valence electrons. The highest BCUT2D eigenvalue weighted by Gasteiger charge is 2.14. The van der Waals surface area contributed by atoms with Gasteiger partial charge in [0.25, 0.3) is 0 Å². The van der Waals surface area contributed by atoms with Gasteiger partial charge in [0, 0.05) is 30.2 Å². The van der Waals surface area contributed by atoms with E-state index in [9.17, 15) is 0 Å². The molecule has 3 nitrogen and oxygen atoms in total. The topological polar surface area (TPSA) is 42.1 Å². The van der Waals surface area contributed by atoms with Crippen molar-refractivity contribution in [3.05, 3.63) is 11.1 Å². The van der Waals surface area contributed by atoms with Crippen LogP contribution in [0.5, 0.6) is 0 Å². The van der Waals surface area contributed by atoms with E-state index >= 15 is 0 Å². The maximum atomic E-state index is 5.96. The summed E-state index contributed by atoms with van der Waals surface area (Å²) in [5.41, 5.74) is 5.96. The lowest BCUT2D eigenvalue weighted by molar-refractivity contribution is 0.577. The second-order valence-electron chi connectivity index (χ2n) is 4.53. The highest BCUT2D eigenvalue weighted by Crippen LogP contribution is 2.26. The van der Waals surface area contributed by atoms with Gasteiger partial charge in [0.1, 0.15) is 0 Å². The Kier molecular flexibility index (Phi) is 4.18. The third-order valence-corrected chi connectivity index (χ3v) is 4.24. The van der Waals surface area contributed by atoms with Gasteiger partial charge in [-0.2, -0.15) is 0 Å². The quantitative estimate of drug-likeness (QED) is 0.877. The number of nitrogens with zero attached hydrogens (tertiary/aromatic N) is 2. The fourth-order valence-electron chi connectivity index (χ4n) is 2.03. The summed E-state index contributed by atoms with van der Waals surface area (Å²) in [6.45, 7) is 4.48. The molecule has 1 fully saturated rings. The van der Waals surface area contributed by atoms with Crippen LogP contribution in [0.1, 0.15) is 37.5 Å². The monoisotopic (exact) mass is 239 g/mol. The normalized spacial score (nSPS) is 18.8. The first-order valence-electron chi connectivity index (χ1n) is 6.25. The summed E-state index contributed by atoms with van der Waals surface area (Å²) in [5, 5.41) is 1.19. The summed E-state index contributed by atoms with van der Waals surface area (Å²) in [5.74, 6) is 0. The molecule has 1 atom stereocenters. The minimum absolute atomic E-state index is 0.287. The Hall–Kier alpha value is -0.610. The maximum absolute atomic E-state index is 5.96. The van der Waals surface area contributed by atoms with Gasteiger partial charge in [0.2, 0.25) is 0 Å². The van der Waals surface area contributed by atoms with Gasteiger partial charge in [0.15, 0.2) is 5.13 Å². The van der Waals surface area contributed by atoms with Gasteiger partial charge in [-0.3, -0.25) is 0 Å². The first-order chi connectivity index (χ1) is 7.79. The molecule has 0 aromatic carbocycles. The fraction of sp³-hybridized carbons (Fsp3) is 0.750. The molecule has 1 aliphatic rings. The Bertz CT molecular complexity index is 318. The third kappa shape index (κ3) is 2.95. The molecule has 1 aliphatic heterocycles. The molecule has 0 bridgehead atoms. The van der Waals surface area contributed by atoms with Crippen molar-refractivity contribution in [1.29, 1.82) is 0 Å². The Balaban J connectivity index is 1.95. The second kappa shape index (κ2) is 5.64. The zero-order chi connectivity index (χ0) is 11.4. The van der Waals surface area contributed by atoms with E-state index in [1.165, 1.54) is 42.4 Å². The van der Waals surface area contributed by atoms with Crippen LogP contribution in [-0.4, -0.2) is 24.1 Å². The first-order valence-corrected chi connectivity index (χ1v) is 7.06. The minimum atomic E-state index is 0.287. The van der Waals surface area contributed by atoms with Gasteiger partial charge in [0.05, 0.1) is 0 Å². The lowest BCUT2D eigenvalue weighted by atomic mass is 10.1. The van der Waals surface area contributed by atoms with E-state index in [1.54, 1.807) is 0 Å². The summed E-state index contributed by atoms with van der Waals surface area (Å²) in [6, 6.07) is 0.287. The number of aromatic nitrogens is 1. The van der Waals surface area contributed by atoms with Crippen LogP contribution in [0.25, 0.3) is 0 Å². The average molecular weight is 239 g/mol. The van der Waals surface area contributed by atoms with Crippen molar-refractivity contribution >= 4 is 16.5 Å². The molecule has 4 heteroatoms. The van der Waals surface area contributed by atoms with Crippen molar-refractivity contribution in [2.45, 2.75) is 45.1 Å². The Morgan fingerprint density at radius 2 is 2.19 bits per heavy atom. The number of hydrogen-bond acceptors (Lipinski definition) is 4. The minimum Gasteiger partial charge on any atom is -0.348 e. The van der Waals surface area contributed by atoms with E-state index in [1.807, 2.05) is 17.5 Å². The zero-order valence-corrected chi connectivity index (χ0v) is 10.8. The molecule has 0 saturated carbocycles. The molecule has 0 aliphatic carbocycles. The van der Waals surface area contributed by atoms with Crippen LogP contribution in [0.15, 0.2) is 6.20 Å². The van der Waals surface area contributed by atoms with E-state index in [0.29, 0.717) is 0 Å². The van der Waals surface area contributed by atoms with Gasteiger partial charge < -0.3 is 10.6 Å². The van der Waals surface area contributed by atoms with E-state index in [2.05, 4.69) is 16.8 Å². The molecule has 2 heterocycles. The molecule has 0 spiro atoms. The number of piperidine rings is 1. The number of anilines is 1. The lowest BCUT2D eigenvalue weighted by Gasteiger charge is -2.25. The van der Waals surface area contributed by atoms with Crippen LogP contribution in [0.3, 0.4) is 0 Å². The highest BCUT2D eigenvalue weighted by molar-refractivity contribution is 7.15. The van der Waals surface area contributed by atoms with Crippen LogP contribution in [-0.2, 0) is 6.42 Å². The average Bonchev–Trinajstić information content (AvgIpc) is 2.78. The van der Waals surface area contributed by atoms with Gasteiger partial charge in [-0.1, -0.05) is 6.92 Å². The van der Waals surface area contributed by atoms with Gasteiger partial charge >= 0.3 is 0 Å². The third-order valence-electron chi connectivity index (χ3n) is 3.16. The van der Waals surface area contributed by atoms with E-state index < -0.39 is 0 Å². The van der Waals surface area contributed by atoms with Crippen LogP contribution in [0.4, 0.5) is 5.13 Å². The van der Waals surface area contributed by atoms with Crippen LogP contribution < -0.4 is 10.6 Å². The Morgan fingerprint density at radius 1 is 1.44 bits per heavy atom. The van der Waals surface area contributed by atoms with E-state index in [-0.39, 0.29) is 6.04 Å². The van der Waals surface area contributed by atoms with Crippen molar-refractivity contribution in [2.24, 2.45) is 5.73 Å². The van der Waals surface area contributed by atoms with Crippen LogP contribution >= 0.6 is 11.3 Å². The molecule has 2 rings (SSSR count). The van der Waals surface area contributed by atoms with Gasteiger partial charge in [-0.15, -0.1) is 11.3 Å². The molecule has 0 radical (unpaired) electrons. The number of thiazole rings is 1. The van der Waals surface area contributed by atoms with Crippen molar-refractivity contribution in [3.8, 4) is 0 Å². The molecule has 1 aromatic heterocycles. The molecule has 0 amide bonds. The standard InChI is InChI=1S/C12H21N3S/c1-2-10(13)8-11-9-14-12(16-11)15-6-4-3-5-7-15/h9-10H,2-8,13H2,1H3. The number of rotatable bonds is 4. The van der Waals surface area contributed by atoms with Crippen molar-refractivity contribution < 1.29 is 0 Å². The SMILES string of the molecule is CCC(N)Cc1cnc(N2CCCCC2)s1. The predicted molar refractivity (Wildman–Crippen MR) is 70.1 cm³/mol.